The minimum absolute atomic E-state index is 0.182. The summed E-state index contributed by atoms with van der Waals surface area (Å²) < 4.78 is 5.82. The molecule has 0 spiro atoms. The van der Waals surface area contributed by atoms with Crippen LogP contribution in [0.1, 0.15) is 142 Å². The second-order valence-electron chi connectivity index (χ2n) is 11.2. The molecule has 1 aliphatic rings. The van der Waals surface area contributed by atoms with Crippen LogP contribution in [0.25, 0.3) is 0 Å². The molecule has 0 N–H and O–H groups in total. The lowest BCUT2D eigenvalue weighted by Gasteiger charge is -2.48. The molecule has 0 aromatic heterocycles. The normalized spacial score (nSPS) is 15.0. The maximum absolute atomic E-state index is 5.82. The van der Waals surface area contributed by atoms with E-state index >= 15 is 0 Å². The van der Waals surface area contributed by atoms with Gasteiger partial charge in [0.05, 0.1) is 0 Å². The predicted molar refractivity (Wildman–Crippen MR) is 162 cm³/mol. The first-order valence-corrected chi connectivity index (χ1v) is 17.1. The van der Waals surface area contributed by atoms with Gasteiger partial charge in [-0.25, -0.2) is 0 Å². The zero-order valence-electron chi connectivity index (χ0n) is 23.9. The highest BCUT2D eigenvalue weighted by Crippen LogP contribution is 2.63. The summed E-state index contributed by atoms with van der Waals surface area (Å²) in [6.45, 7) is 17.0. The SMILES string of the molecule is C=CCC(CC)(CC=C)C(CC=C)([SiH2]CCCCCCCCCCCCCCCCCC)C1=CO1. The van der Waals surface area contributed by atoms with Gasteiger partial charge < -0.3 is 4.74 Å². The highest BCUT2D eigenvalue weighted by Gasteiger charge is 2.53. The molecule has 0 bridgehead atoms. The molecule has 1 rings (SSSR count). The average Bonchev–Trinajstić information content (AvgIpc) is 3.71. The quantitative estimate of drug-likeness (QED) is 0.0620. The van der Waals surface area contributed by atoms with Gasteiger partial charge in [0.15, 0.2) is 0 Å². The monoisotopic (exact) mass is 500 g/mol. The first-order valence-electron chi connectivity index (χ1n) is 15.4. The largest absolute Gasteiger partial charge is 0.462 e. The fourth-order valence-electron chi connectivity index (χ4n) is 6.38. The van der Waals surface area contributed by atoms with Crippen molar-refractivity contribution < 1.29 is 4.74 Å². The molecule has 202 valence electrons. The van der Waals surface area contributed by atoms with Crippen molar-refractivity contribution >= 4 is 9.52 Å². The Balaban J connectivity index is 2.22. The van der Waals surface area contributed by atoms with Crippen molar-refractivity contribution in [2.45, 2.75) is 153 Å². The Kier molecular flexibility index (Phi) is 18.4. The molecule has 1 heterocycles. The van der Waals surface area contributed by atoms with Crippen molar-refractivity contribution in [2.24, 2.45) is 5.41 Å². The number of ether oxygens (including phenoxy) is 1. The van der Waals surface area contributed by atoms with Crippen molar-refractivity contribution in [2.75, 3.05) is 0 Å². The third-order valence-electron chi connectivity index (χ3n) is 8.67. The molecule has 0 aromatic carbocycles. The van der Waals surface area contributed by atoms with E-state index in [1.807, 2.05) is 6.26 Å². The average molecular weight is 501 g/mol. The molecule has 1 unspecified atom stereocenters. The Morgan fingerprint density at radius 1 is 0.657 bits per heavy atom. The number of hydrogen-bond donors (Lipinski definition) is 0. The van der Waals surface area contributed by atoms with Gasteiger partial charge in [0.2, 0.25) is 0 Å². The van der Waals surface area contributed by atoms with E-state index in [2.05, 4.69) is 51.8 Å². The maximum atomic E-state index is 5.82. The molecule has 0 saturated carbocycles. The summed E-state index contributed by atoms with van der Waals surface area (Å²) in [5, 5.41) is 0.182. The fourth-order valence-corrected chi connectivity index (χ4v) is 9.47. The third-order valence-corrected chi connectivity index (χ3v) is 11.8. The lowest BCUT2D eigenvalue weighted by molar-refractivity contribution is 0.178. The second-order valence-corrected chi connectivity index (χ2v) is 13.6. The Hall–Kier alpha value is -1.02. The topological polar surface area (TPSA) is 12.5 Å². The summed E-state index contributed by atoms with van der Waals surface area (Å²) in [5.74, 6) is 1.26. The van der Waals surface area contributed by atoms with E-state index in [1.165, 1.54) is 115 Å². The number of rotatable bonds is 27. The van der Waals surface area contributed by atoms with E-state index in [0.29, 0.717) is 0 Å². The van der Waals surface area contributed by atoms with Crippen LogP contribution in [-0.4, -0.2) is 9.52 Å². The number of hydrogen-bond acceptors (Lipinski definition) is 1. The lowest BCUT2D eigenvalue weighted by atomic mass is 9.66. The molecule has 35 heavy (non-hydrogen) atoms. The van der Waals surface area contributed by atoms with Gasteiger partial charge in [0, 0.05) is 14.6 Å². The van der Waals surface area contributed by atoms with Crippen molar-refractivity contribution in [1.29, 1.82) is 0 Å². The van der Waals surface area contributed by atoms with Crippen LogP contribution in [0.4, 0.5) is 0 Å². The van der Waals surface area contributed by atoms with Gasteiger partial charge in [-0.2, -0.15) is 0 Å². The van der Waals surface area contributed by atoms with Crippen molar-refractivity contribution in [3.05, 3.63) is 50.0 Å². The summed E-state index contributed by atoms with van der Waals surface area (Å²) >= 11 is 0. The van der Waals surface area contributed by atoms with Gasteiger partial charge in [-0.15, -0.1) is 19.7 Å². The van der Waals surface area contributed by atoms with Crippen LogP contribution >= 0.6 is 0 Å². The smallest absolute Gasteiger partial charge is 0.142 e. The number of unbranched alkanes of at least 4 members (excludes halogenated alkanes) is 15. The fraction of sp³-hybridized carbons (Fsp3) is 0.758. The minimum Gasteiger partial charge on any atom is -0.462 e. The van der Waals surface area contributed by atoms with Crippen LogP contribution in [0, 0.1) is 5.41 Å². The van der Waals surface area contributed by atoms with E-state index in [9.17, 15) is 0 Å². The van der Waals surface area contributed by atoms with E-state index in [4.69, 9.17) is 4.74 Å². The zero-order chi connectivity index (χ0) is 25.7. The highest BCUT2D eigenvalue weighted by atomic mass is 28.2. The van der Waals surface area contributed by atoms with Crippen LogP contribution in [0.3, 0.4) is 0 Å². The summed E-state index contributed by atoms with van der Waals surface area (Å²) in [6.07, 6.45) is 35.6. The first kappa shape index (κ1) is 32.0. The van der Waals surface area contributed by atoms with Gasteiger partial charge in [0.25, 0.3) is 0 Å². The molecule has 1 atom stereocenters. The summed E-state index contributed by atoms with van der Waals surface area (Å²) in [5.41, 5.74) is 0.189. The first-order chi connectivity index (χ1) is 17.2. The van der Waals surface area contributed by atoms with Gasteiger partial charge in [-0.05, 0) is 31.1 Å². The van der Waals surface area contributed by atoms with Gasteiger partial charge >= 0.3 is 0 Å². The molecular formula is C33H60OSi. The Bertz CT molecular complexity index is 582. The van der Waals surface area contributed by atoms with E-state index in [1.54, 1.807) is 0 Å². The van der Waals surface area contributed by atoms with Gasteiger partial charge in [-0.3, -0.25) is 0 Å². The van der Waals surface area contributed by atoms with Gasteiger partial charge in [-0.1, -0.05) is 141 Å². The summed E-state index contributed by atoms with van der Waals surface area (Å²) in [7, 11) is -0.358. The summed E-state index contributed by atoms with van der Waals surface area (Å²) in [6, 6.07) is 1.41. The Morgan fingerprint density at radius 3 is 1.40 bits per heavy atom. The molecule has 2 heteroatoms. The maximum Gasteiger partial charge on any atom is 0.142 e. The van der Waals surface area contributed by atoms with Crippen molar-refractivity contribution in [1.82, 2.24) is 0 Å². The third kappa shape index (κ3) is 11.7. The van der Waals surface area contributed by atoms with Crippen LogP contribution in [0.15, 0.2) is 50.0 Å². The predicted octanol–water partition coefficient (Wildman–Crippen LogP) is 11.0. The molecule has 1 aliphatic heterocycles. The van der Waals surface area contributed by atoms with E-state index in [-0.39, 0.29) is 20.0 Å². The van der Waals surface area contributed by atoms with Gasteiger partial charge in [0.1, 0.15) is 12.0 Å². The van der Waals surface area contributed by atoms with Crippen molar-refractivity contribution in [3.63, 3.8) is 0 Å². The molecule has 0 amide bonds. The number of allylic oxidation sites excluding steroid dienone is 4. The Labute approximate surface area is 222 Å². The molecule has 0 aliphatic carbocycles. The van der Waals surface area contributed by atoms with Crippen LogP contribution < -0.4 is 0 Å². The lowest BCUT2D eigenvalue weighted by Crippen LogP contribution is -2.40. The standard InChI is InChI=1S/C33H60OSi/c1-6-11-12-13-14-15-16-17-18-19-20-21-22-23-24-25-29-35-33(28-9-4,31-30-34-31)32(10-5,26-7-2)27-8-3/h7-9,30H,2-4,6,10-29,35H2,1,5H3. The van der Waals surface area contributed by atoms with Crippen molar-refractivity contribution in [3.8, 4) is 0 Å². The van der Waals surface area contributed by atoms with Crippen LogP contribution in [0.5, 0.6) is 0 Å². The molecule has 0 aromatic rings. The summed E-state index contributed by atoms with van der Waals surface area (Å²) in [4.78, 5) is 0. The zero-order valence-corrected chi connectivity index (χ0v) is 25.3. The highest BCUT2D eigenvalue weighted by molar-refractivity contribution is 6.42. The molecular weight excluding hydrogens is 440 g/mol. The molecule has 1 nitrogen and oxygen atoms in total. The molecule has 0 fully saturated rings. The van der Waals surface area contributed by atoms with E-state index in [0.717, 1.165) is 25.7 Å². The minimum atomic E-state index is -0.358. The Morgan fingerprint density at radius 2 is 1.06 bits per heavy atom. The molecule has 0 radical (unpaired) electrons. The van der Waals surface area contributed by atoms with Crippen LogP contribution in [-0.2, 0) is 4.74 Å². The molecule has 0 saturated heterocycles. The second kappa shape index (κ2) is 20.1. The van der Waals surface area contributed by atoms with Crippen LogP contribution in [0.2, 0.25) is 11.1 Å². The van der Waals surface area contributed by atoms with E-state index < -0.39 is 0 Å².